The van der Waals surface area contributed by atoms with Gasteiger partial charge in [0.1, 0.15) is 0 Å². The van der Waals surface area contributed by atoms with Gasteiger partial charge in [-0.1, -0.05) is 11.3 Å². The molecule has 2 aliphatic rings. The standard InChI is InChI=1S/C13H11O2S2.ClH.Zn/c1-5-14-13(11-9(1)3-7-16-11)12-10(2-6-15-13)4-8-17-12;;/h3-4,7H,1-2,5-6H2;1H;/q-1;;+2/p-1. The molecule has 0 saturated carbocycles. The zero-order chi connectivity index (χ0) is 13.3. The molecule has 0 radical (unpaired) electrons. The first-order valence-corrected chi connectivity index (χ1v) is 11.6. The van der Waals surface area contributed by atoms with Gasteiger partial charge in [-0.2, -0.15) is 11.6 Å². The van der Waals surface area contributed by atoms with Crippen LogP contribution in [0, 0.1) is 5.38 Å². The fourth-order valence-corrected chi connectivity index (χ4v) is 4.69. The molecule has 0 aromatic carbocycles. The third-order valence-corrected chi connectivity index (χ3v) is 5.39. The SMILES string of the molecule is [Cl][Zn+].[c-]1cc2c(s1)C1(OCC2)OCCc2ccsc21. The van der Waals surface area contributed by atoms with Crippen molar-refractivity contribution in [2.24, 2.45) is 0 Å². The van der Waals surface area contributed by atoms with Crippen LogP contribution in [0.4, 0.5) is 0 Å². The zero-order valence-corrected chi connectivity index (χ0v) is 15.6. The molecule has 2 aromatic rings. The molecule has 2 nitrogen and oxygen atoms in total. The van der Waals surface area contributed by atoms with Crippen LogP contribution < -0.4 is 0 Å². The monoisotopic (exact) mass is 362 g/mol. The maximum Gasteiger partial charge on any atom is 0.183 e. The summed E-state index contributed by atoms with van der Waals surface area (Å²) in [5.74, 6) is -0.611. The molecule has 0 aliphatic carbocycles. The van der Waals surface area contributed by atoms with Crippen LogP contribution in [0.5, 0.6) is 0 Å². The van der Waals surface area contributed by atoms with Crippen molar-refractivity contribution in [3.05, 3.63) is 43.8 Å². The van der Waals surface area contributed by atoms with Crippen molar-refractivity contribution in [2.45, 2.75) is 18.6 Å². The van der Waals surface area contributed by atoms with Gasteiger partial charge in [-0.3, -0.25) is 11.3 Å². The van der Waals surface area contributed by atoms with Crippen LogP contribution in [0.15, 0.2) is 17.5 Å². The van der Waals surface area contributed by atoms with E-state index in [1.165, 1.54) is 20.9 Å². The number of hydrogen-bond acceptors (Lipinski definition) is 4. The summed E-state index contributed by atoms with van der Waals surface area (Å²) in [7, 11) is 4.76. The zero-order valence-electron chi connectivity index (χ0n) is 10.3. The Bertz CT molecular complexity index is 516. The Morgan fingerprint density at radius 2 is 1.89 bits per heavy atom. The van der Waals surface area contributed by atoms with Gasteiger partial charge in [0.15, 0.2) is 5.79 Å². The number of hydrogen-bond donors (Lipinski definition) is 0. The quantitative estimate of drug-likeness (QED) is 0.525. The molecular formula is C13H11ClO2S2Zn. The summed E-state index contributed by atoms with van der Waals surface area (Å²) in [6, 6.07) is 4.27. The van der Waals surface area contributed by atoms with Gasteiger partial charge in [-0.05, 0) is 23.4 Å². The van der Waals surface area contributed by atoms with Crippen LogP contribution in [0.1, 0.15) is 20.9 Å². The first kappa shape index (κ1) is 14.2. The molecule has 0 saturated heterocycles. The number of fused-ring (bicyclic) bond motifs is 4. The fraction of sp³-hybridized carbons (Fsp3) is 0.385. The van der Waals surface area contributed by atoms with E-state index in [-0.39, 0.29) is 0 Å². The average molecular weight is 364 g/mol. The summed E-state index contributed by atoms with van der Waals surface area (Å²) in [5, 5.41) is 5.36. The van der Waals surface area contributed by atoms with Crippen LogP contribution in [-0.2, 0) is 45.4 Å². The second kappa shape index (κ2) is 5.92. The molecule has 6 heteroatoms. The molecule has 0 N–H and O–H groups in total. The van der Waals surface area contributed by atoms with E-state index in [1.807, 2.05) is 0 Å². The maximum atomic E-state index is 6.05. The molecule has 2 aromatic heterocycles. The van der Waals surface area contributed by atoms with Crippen molar-refractivity contribution in [3.8, 4) is 0 Å². The van der Waals surface area contributed by atoms with Gasteiger partial charge >= 0.3 is 27.0 Å². The van der Waals surface area contributed by atoms with E-state index < -0.39 is 5.79 Å². The van der Waals surface area contributed by atoms with E-state index in [9.17, 15) is 0 Å². The van der Waals surface area contributed by atoms with Crippen LogP contribution >= 0.6 is 32.4 Å². The van der Waals surface area contributed by atoms with Crippen molar-refractivity contribution in [3.63, 3.8) is 0 Å². The van der Waals surface area contributed by atoms with Crippen LogP contribution in [-0.4, -0.2) is 13.2 Å². The summed E-state index contributed by atoms with van der Waals surface area (Å²) >= 11 is 4.22. The van der Waals surface area contributed by atoms with Crippen molar-refractivity contribution in [2.75, 3.05) is 13.2 Å². The summed E-state index contributed by atoms with van der Waals surface area (Å²) in [6.45, 7) is 1.47. The van der Waals surface area contributed by atoms with Gasteiger partial charge in [0.25, 0.3) is 0 Å². The molecule has 1 atom stereocenters. The Morgan fingerprint density at radius 1 is 1.16 bits per heavy atom. The minimum atomic E-state index is -0.611. The molecule has 4 rings (SSSR count). The van der Waals surface area contributed by atoms with E-state index in [2.05, 4.69) is 22.9 Å². The van der Waals surface area contributed by atoms with Gasteiger partial charge in [0.05, 0.1) is 11.5 Å². The van der Waals surface area contributed by atoms with Crippen molar-refractivity contribution in [1.29, 1.82) is 0 Å². The van der Waals surface area contributed by atoms with Gasteiger partial charge < -0.3 is 9.47 Å². The minimum Gasteiger partial charge on any atom is -0.352 e. The van der Waals surface area contributed by atoms with Gasteiger partial charge in [-0.25, -0.2) is 0 Å². The summed E-state index contributed by atoms with van der Waals surface area (Å²) < 4.78 is 12.1. The van der Waals surface area contributed by atoms with E-state index >= 15 is 0 Å². The Labute approximate surface area is 134 Å². The van der Waals surface area contributed by atoms with E-state index in [4.69, 9.17) is 19.2 Å². The van der Waals surface area contributed by atoms with E-state index in [1.54, 1.807) is 22.7 Å². The molecule has 96 valence electrons. The van der Waals surface area contributed by atoms with Gasteiger partial charge in [-0.15, -0.1) is 16.7 Å². The topological polar surface area (TPSA) is 18.5 Å². The first-order chi connectivity index (χ1) is 9.40. The Hall–Kier alpha value is 0.233. The minimum absolute atomic E-state index is 0.611. The number of thiophene rings is 2. The molecule has 1 spiro atoms. The van der Waals surface area contributed by atoms with Crippen molar-refractivity contribution < 1.29 is 26.8 Å². The molecule has 0 fully saturated rings. The van der Waals surface area contributed by atoms with Crippen molar-refractivity contribution >= 4 is 32.4 Å². The third-order valence-electron chi connectivity index (χ3n) is 3.38. The average Bonchev–Trinajstić information content (AvgIpc) is 3.10. The van der Waals surface area contributed by atoms with Crippen molar-refractivity contribution in [1.82, 2.24) is 0 Å². The first-order valence-electron chi connectivity index (χ1n) is 6.01. The Balaban J connectivity index is 0.000000528. The molecule has 2 aliphatic heterocycles. The number of halogens is 1. The summed E-state index contributed by atoms with van der Waals surface area (Å²) in [5.41, 5.74) is 2.71. The number of ether oxygens (including phenoxy) is 2. The predicted molar refractivity (Wildman–Crippen MR) is 73.4 cm³/mol. The second-order valence-electron chi connectivity index (χ2n) is 4.31. The molecule has 0 bridgehead atoms. The second-order valence-corrected chi connectivity index (χ2v) is 6.07. The largest absolute Gasteiger partial charge is 0.352 e. The molecule has 0 amide bonds. The van der Waals surface area contributed by atoms with Gasteiger partial charge in [0, 0.05) is 6.61 Å². The number of rotatable bonds is 0. The molecule has 1 unspecified atom stereocenters. The van der Waals surface area contributed by atoms with Gasteiger partial charge in [0.2, 0.25) is 0 Å². The Morgan fingerprint density at radius 3 is 2.68 bits per heavy atom. The predicted octanol–water partition coefficient (Wildman–Crippen LogP) is 3.64. The van der Waals surface area contributed by atoms with E-state index in [0.29, 0.717) is 0 Å². The Kier molecular flexibility index (Phi) is 4.42. The van der Waals surface area contributed by atoms with Crippen LogP contribution in [0.3, 0.4) is 0 Å². The maximum absolute atomic E-state index is 6.05. The molecule has 4 heterocycles. The van der Waals surface area contributed by atoms with Crippen LogP contribution in [0.25, 0.3) is 0 Å². The van der Waals surface area contributed by atoms with E-state index in [0.717, 1.165) is 43.4 Å². The third kappa shape index (κ3) is 2.25. The smallest absolute Gasteiger partial charge is 0.183 e. The molecular weight excluding hydrogens is 353 g/mol. The summed E-state index contributed by atoms with van der Waals surface area (Å²) in [4.78, 5) is 2.44. The fourth-order valence-electron chi connectivity index (χ4n) is 2.59. The summed E-state index contributed by atoms with van der Waals surface area (Å²) in [6.07, 6.45) is 1.97. The normalized spacial score (nSPS) is 24.4. The molecule has 19 heavy (non-hydrogen) atoms. The van der Waals surface area contributed by atoms with Crippen LogP contribution in [0.2, 0.25) is 0 Å².